The van der Waals surface area contributed by atoms with E-state index < -0.39 is 5.60 Å². The molecule has 2 aromatic rings. The first kappa shape index (κ1) is 22.6. The van der Waals surface area contributed by atoms with Gasteiger partial charge in [0.25, 0.3) is 0 Å². The Labute approximate surface area is 190 Å². The first-order valence-electron chi connectivity index (χ1n) is 11.5. The van der Waals surface area contributed by atoms with E-state index in [1.54, 1.807) is 14.2 Å². The molecule has 0 unspecified atom stereocenters. The standard InChI is InChI=1S/C26H34N2O4/c1-18-7-10-20(11-8-18)27-24(29)17-28-15-14-26(30)13-5-4-6-21(26)25(28)19-9-12-22(31-2)23(16-19)32-3/h7-12,16,21,25,30H,4-6,13-15,17H2,1-3H3,(H,27,29)/t21-,25+,26+/m0/s1. The van der Waals surface area contributed by atoms with E-state index in [4.69, 9.17) is 9.47 Å². The summed E-state index contributed by atoms with van der Waals surface area (Å²) in [5, 5.41) is 14.5. The number of fused-ring (bicyclic) bond motifs is 1. The third kappa shape index (κ3) is 4.62. The zero-order valence-electron chi connectivity index (χ0n) is 19.3. The SMILES string of the molecule is COc1ccc([C@@H]2[C@@H]3CCCC[C@@]3(O)CCN2CC(=O)Nc2ccc(C)cc2)cc1OC. The van der Waals surface area contributed by atoms with Gasteiger partial charge in [-0.05, 0) is 56.0 Å². The molecular formula is C26H34N2O4. The summed E-state index contributed by atoms with van der Waals surface area (Å²) in [6, 6.07) is 13.7. The minimum atomic E-state index is -0.681. The number of aryl methyl sites for hydroxylation is 1. The van der Waals surface area contributed by atoms with Crippen LogP contribution in [0, 0.1) is 12.8 Å². The molecule has 172 valence electrons. The van der Waals surface area contributed by atoms with E-state index in [0.717, 1.165) is 42.5 Å². The van der Waals surface area contributed by atoms with Crippen LogP contribution in [0.25, 0.3) is 0 Å². The molecule has 2 fully saturated rings. The van der Waals surface area contributed by atoms with E-state index >= 15 is 0 Å². The molecule has 1 heterocycles. The van der Waals surface area contributed by atoms with Crippen molar-refractivity contribution in [3.63, 3.8) is 0 Å². The molecule has 1 aliphatic carbocycles. The summed E-state index contributed by atoms with van der Waals surface area (Å²) in [4.78, 5) is 15.2. The Hall–Kier alpha value is -2.57. The highest BCUT2D eigenvalue weighted by molar-refractivity contribution is 5.92. The van der Waals surface area contributed by atoms with E-state index in [1.165, 1.54) is 0 Å². The molecule has 2 N–H and O–H groups in total. The number of anilines is 1. The zero-order chi connectivity index (χ0) is 22.7. The van der Waals surface area contributed by atoms with E-state index in [0.29, 0.717) is 24.5 Å². The molecule has 32 heavy (non-hydrogen) atoms. The largest absolute Gasteiger partial charge is 0.493 e. The lowest BCUT2D eigenvalue weighted by Crippen LogP contribution is -2.56. The van der Waals surface area contributed by atoms with Crippen molar-refractivity contribution >= 4 is 11.6 Å². The van der Waals surface area contributed by atoms with Gasteiger partial charge in [-0.2, -0.15) is 0 Å². The van der Waals surface area contributed by atoms with E-state index in [2.05, 4.69) is 10.2 Å². The maximum Gasteiger partial charge on any atom is 0.238 e. The third-order valence-electron chi connectivity index (χ3n) is 7.10. The smallest absolute Gasteiger partial charge is 0.238 e. The highest BCUT2D eigenvalue weighted by Crippen LogP contribution is 2.50. The van der Waals surface area contributed by atoms with Gasteiger partial charge < -0.3 is 19.9 Å². The van der Waals surface area contributed by atoms with Crippen LogP contribution in [0.4, 0.5) is 5.69 Å². The van der Waals surface area contributed by atoms with Gasteiger partial charge in [0, 0.05) is 24.2 Å². The first-order valence-corrected chi connectivity index (χ1v) is 11.5. The number of nitrogens with zero attached hydrogens (tertiary/aromatic N) is 1. The number of hydrogen-bond acceptors (Lipinski definition) is 5. The van der Waals surface area contributed by atoms with Gasteiger partial charge in [-0.3, -0.25) is 9.69 Å². The van der Waals surface area contributed by atoms with Crippen LogP contribution < -0.4 is 14.8 Å². The first-order chi connectivity index (χ1) is 15.4. The van der Waals surface area contributed by atoms with Gasteiger partial charge in [0.1, 0.15) is 0 Å². The number of hydrogen-bond donors (Lipinski definition) is 2. The number of aliphatic hydroxyl groups is 1. The summed E-state index contributed by atoms with van der Waals surface area (Å²) >= 11 is 0. The maximum absolute atomic E-state index is 12.9. The summed E-state index contributed by atoms with van der Waals surface area (Å²) in [5.41, 5.74) is 2.33. The van der Waals surface area contributed by atoms with Crippen molar-refractivity contribution in [2.24, 2.45) is 5.92 Å². The Kier molecular flexibility index (Phi) is 6.72. The minimum Gasteiger partial charge on any atom is -0.493 e. The van der Waals surface area contributed by atoms with Crippen molar-refractivity contribution in [1.82, 2.24) is 4.90 Å². The number of carbonyl (C=O) groups excluding carboxylic acids is 1. The number of methoxy groups -OCH3 is 2. The van der Waals surface area contributed by atoms with Gasteiger partial charge in [0.05, 0.1) is 26.4 Å². The Morgan fingerprint density at radius 3 is 2.56 bits per heavy atom. The number of piperidine rings is 1. The number of carbonyl (C=O) groups is 1. The fourth-order valence-electron chi connectivity index (χ4n) is 5.42. The van der Waals surface area contributed by atoms with Crippen LogP contribution >= 0.6 is 0 Å². The molecule has 3 atom stereocenters. The number of amides is 1. The second-order valence-corrected chi connectivity index (χ2v) is 9.15. The van der Waals surface area contributed by atoms with E-state index in [-0.39, 0.29) is 24.4 Å². The molecule has 2 aliphatic rings. The molecule has 6 heteroatoms. The lowest BCUT2D eigenvalue weighted by atomic mass is 9.66. The Balaban J connectivity index is 1.61. The van der Waals surface area contributed by atoms with Crippen LogP contribution in [0.15, 0.2) is 42.5 Å². The molecule has 4 rings (SSSR count). The van der Waals surface area contributed by atoms with E-state index in [1.807, 2.05) is 49.4 Å². The summed E-state index contributed by atoms with van der Waals surface area (Å²) in [7, 11) is 3.26. The lowest BCUT2D eigenvalue weighted by molar-refractivity contribution is -0.135. The summed E-state index contributed by atoms with van der Waals surface area (Å²) in [5.74, 6) is 1.38. The average Bonchev–Trinajstić information content (AvgIpc) is 2.80. The predicted octanol–water partition coefficient (Wildman–Crippen LogP) is 4.32. The highest BCUT2D eigenvalue weighted by atomic mass is 16.5. The molecule has 0 bridgehead atoms. The summed E-state index contributed by atoms with van der Waals surface area (Å²) in [6.07, 6.45) is 4.62. The molecule has 0 aromatic heterocycles. The molecule has 2 aromatic carbocycles. The highest BCUT2D eigenvalue weighted by Gasteiger charge is 2.49. The lowest BCUT2D eigenvalue weighted by Gasteiger charge is -2.52. The van der Waals surface area contributed by atoms with Crippen LogP contribution in [0.1, 0.15) is 49.3 Å². The molecular weight excluding hydrogens is 404 g/mol. The topological polar surface area (TPSA) is 71.0 Å². The molecule has 1 amide bonds. The Bertz CT molecular complexity index is 945. The second-order valence-electron chi connectivity index (χ2n) is 9.15. The number of ether oxygens (including phenoxy) is 2. The molecule has 1 aliphatic heterocycles. The number of rotatable bonds is 6. The number of nitrogens with one attached hydrogen (secondary N) is 1. The minimum absolute atomic E-state index is 0.0411. The van der Waals surface area contributed by atoms with Crippen molar-refractivity contribution in [3.8, 4) is 11.5 Å². The summed E-state index contributed by atoms with van der Waals surface area (Å²) in [6.45, 7) is 2.98. The maximum atomic E-state index is 12.9. The number of likely N-dealkylation sites (tertiary alicyclic amines) is 1. The van der Waals surface area contributed by atoms with Gasteiger partial charge >= 0.3 is 0 Å². The molecule has 0 spiro atoms. The molecule has 1 saturated carbocycles. The van der Waals surface area contributed by atoms with Crippen molar-refractivity contribution < 1.29 is 19.4 Å². The quantitative estimate of drug-likeness (QED) is 0.703. The van der Waals surface area contributed by atoms with Crippen molar-refractivity contribution in [3.05, 3.63) is 53.6 Å². The predicted molar refractivity (Wildman–Crippen MR) is 125 cm³/mol. The van der Waals surface area contributed by atoms with Crippen molar-refractivity contribution in [2.45, 2.75) is 50.7 Å². The number of benzene rings is 2. The van der Waals surface area contributed by atoms with Gasteiger partial charge in [-0.15, -0.1) is 0 Å². The van der Waals surface area contributed by atoms with Crippen LogP contribution in [0.5, 0.6) is 11.5 Å². The molecule has 1 saturated heterocycles. The summed E-state index contributed by atoms with van der Waals surface area (Å²) < 4.78 is 11.0. The van der Waals surface area contributed by atoms with Crippen LogP contribution in [-0.4, -0.2) is 48.8 Å². The monoisotopic (exact) mass is 438 g/mol. The fraction of sp³-hybridized carbons (Fsp3) is 0.500. The van der Waals surface area contributed by atoms with Gasteiger partial charge in [-0.25, -0.2) is 0 Å². The Morgan fingerprint density at radius 2 is 1.84 bits per heavy atom. The molecule has 6 nitrogen and oxygen atoms in total. The normalized spacial score (nSPS) is 25.6. The van der Waals surface area contributed by atoms with Crippen LogP contribution in [0.2, 0.25) is 0 Å². The third-order valence-corrected chi connectivity index (χ3v) is 7.10. The Morgan fingerprint density at radius 1 is 1.09 bits per heavy atom. The second kappa shape index (κ2) is 9.51. The molecule has 0 radical (unpaired) electrons. The van der Waals surface area contributed by atoms with Gasteiger partial charge in [0.2, 0.25) is 5.91 Å². The van der Waals surface area contributed by atoms with Gasteiger partial charge in [-0.1, -0.05) is 36.6 Å². The van der Waals surface area contributed by atoms with Gasteiger partial charge in [0.15, 0.2) is 11.5 Å². The zero-order valence-corrected chi connectivity index (χ0v) is 19.3. The average molecular weight is 439 g/mol. The van der Waals surface area contributed by atoms with Crippen LogP contribution in [-0.2, 0) is 4.79 Å². The van der Waals surface area contributed by atoms with Crippen molar-refractivity contribution in [1.29, 1.82) is 0 Å². The van der Waals surface area contributed by atoms with Crippen LogP contribution in [0.3, 0.4) is 0 Å². The van der Waals surface area contributed by atoms with Crippen molar-refractivity contribution in [2.75, 3.05) is 32.6 Å². The van der Waals surface area contributed by atoms with E-state index in [9.17, 15) is 9.90 Å². The fourth-order valence-corrected chi connectivity index (χ4v) is 5.42.